The molecular weight excluding hydrogens is 490 g/mol. The van der Waals surface area contributed by atoms with Crippen LogP contribution in [-0.4, -0.2) is 60.1 Å². The van der Waals surface area contributed by atoms with Crippen molar-refractivity contribution in [2.75, 3.05) is 43.5 Å². The number of ether oxygens (including phenoxy) is 1. The molecule has 0 bridgehead atoms. The molecule has 1 amide bonds. The fourth-order valence-corrected chi connectivity index (χ4v) is 6.53. The van der Waals surface area contributed by atoms with Crippen molar-refractivity contribution in [1.29, 1.82) is 0 Å². The van der Waals surface area contributed by atoms with Crippen molar-refractivity contribution in [3.63, 3.8) is 0 Å². The van der Waals surface area contributed by atoms with Gasteiger partial charge in [-0.15, -0.1) is 23.7 Å². The molecule has 0 radical (unpaired) electrons. The first kappa shape index (κ1) is 24.9. The van der Waals surface area contributed by atoms with Crippen molar-refractivity contribution in [3.8, 4) is 16.5 Å². The van der Waals surface area contributed by atoms with E-state index in [1.165, 1.54) is 32.1 Å². The number of anilines is 2. The number of amides is 1. The highest BCUT2D eigenvalue weighted by molar-refractivity contribution is 7.21. The predicted octanol–water partition coefficient (Wildman–Crippen LogP) is 5.40. The Morgan fingerprint density at radius 1 is 1.15 bits per heavy atom. The van der Waals surface area contributed by atoms with E-state index in [9.17, 15) is 4.79 Å². The van der Waals surface area contributed by atoms with Crippen LogP contribution in [0.4, 0.5) is 10.1 Å². The molecule has 1 saturated heterocycles. The molecule has 5 rings (SSSR count). The Morgan fingerprint density at radius 2 is 1.94 bits per heavy atom. The van der Waals surface area contributed by atoms with E-state index >= 15 is 0 Å². The molecule has 7 nitrogen and oxygen atoms in total. The van der Waals surface area contributed by atoms with Crippen LogP contribution in [-0.2, 0) is 0 Å². The molecule has 0 unspecified atom stereocenters. The summed E-state index contributed by atoms with van der Waals surface area (Å²) in [5.41, 5.74) is 1.46. The molecule has 1 N–H and O–H groups in total. The Morgan fingerprint density at radius 3 is 2.65 bits per heavy atom. The molecule has 0 atom stereocenters. The van der Waals surface area contributed by atoms with E-state index in [0.29, 0.717) is 16.6 Å². The summed E-state index contributed by atoms with van der Waals surface area (Å²) in [5.74, 6) is 0.202. The molecule has 1 aliphatic carbocycles. The first-order valence-corrected chi connectivity index (χ1v) is 13.3. The SMILES string of the molecule is COc1cc(C(=O)Nc2nc(-c3cccs3)c(N3CCN(C4CCCCC4)CC3)s2)ccn1.Cl. The van der Waals surface area contributed by atoms with E-state index in [4.69, 9.17) is 9.72 Å². The summed E-state index contributed by atoms with van der Waals surface area (Å²) in [6.07, 6.45) is 8.39. The number of nitrogens with zero attached hydrogens (tertiary/aromatic N) is 4. The number of nitrogens with one attached hydrogen (secondary N) is 1. The number of carbonyl (C=O) groups excluding carboxylic acids is 1. The number of halogens is 1. The van der Waals surface area contributed by atoms with E-state index in [-0.39, 0.29) is 18.3 Å². The van der Waals surface area contributed by atoms with Gasteiger partial charge in [0, 0.05) is 50.0 Å². The lowest BCUT2D eigenvalue weighted by Crippen LogP contribution is -2.50. The first-order chi connectivity index (χ1) is 16.2. The summed E-state index contributed by atoms with van der Waals surface area (Å²) in [7, 11) is 1.54. The number of rotatable bonds is 6. The Hall–Kier alpha value is -2.20. The third-order valence-corrected chi connectivity index (χ3v) is 8.39. The molecule has 0 spiro atoms. The highest BCUT2D eigenvalue weighted by Crippen LogP contribution is 2.41. The van der Waals surface area contributed by atoms with Crippen LogP contribution >= 0.6 is 35.1 Å². The minimum absolute atomic E-state index is 0. The minimum atomic E-state index is -0.212. The van der Waals surface area contributed by atoms with Gasteiger partial charge >= 0.3 is 0 Å². The van der Waals surface area contributed by atoms with Gasteiger partial charge in [0.05, 0.1) is 12.0 Å². The Balaban J connectivity index is 0.00000274. The molecule has 10 heteroatoms. The zero-order valence-corrected chi connectivity index (χ0v) is 21.7. The lowest BCUT2D eigenvalue weighted by atomic mass is 9.94. The van der Waals surface area contributed by atoms with E-state index < -0.39 is 0 Å². The standard InChI is InChI=1S/C24H29N5O2S2.ClH/c1-31-20-16-17(9-10-25-20)22(30)27-24-26-21(19-8-5-15-32-19)23(33-24)29-13-11-28(12-14-29)18-6-3-2-4-7-18;/h5,8-10,15-16,18H,2-4,6-7,11-14H2,1H3,(H,26,27,30);1H. The number of thiazole rings is 1. The van der Waals surface area contributed by atoms with Crippen LogP contribution in [0.25, 0.3) is 10.6 Å². The number of thiophene rings is 1. The van der Waals surface area contributed by atoms with Crippen molar-refractivity contribution in [2.45, 2.75) is 38.1 Å². The highest BCUT2D eigenvalue weighted by atomic mass is 35.5. The summed E-state index contributed by atoms with van der Waals surface area (Å²) in [6.45, 7) is 4.16. The highest BCUT2D eigenvalue weighted by Gasteiger charge is 2.28. The summed E-state index contributed by atoms with van der Waals surface area (Å²) in [6, 6.07) is 8.21. The molecule has 3 aromatic heterocycles. The van der Waals surface area contributed by atoms with Gasteiger partial charge in [-0.25, -0.2) is 9.97 Å². The van der Waals surface area contributed by atoms with E-state index in [1.54, 1.807) is 48.1 Å². The molecule has 4 heterocycles. The molecule has 34 heavy (non-hydrogen) atoms. The summed E-state index contributed by atoms with van der Waals surface area (Å²) in [4.78, 5) is 28.0. The predicted molar refractivity (Wildman–Crippen MR) is 142 cm³/mol. The Labute approximate surface area is 214 Å². The molecule has 2 fully saturated rings. The number of hydrogen-bond acceptors (Lipinski definition) is 8. The molecule has 1 saturated carbocycles. The van der Waals surface area contributed by atoms with Crippen LogP contribution in [0, 0.1) is 0 Å². The fraction of sp³-hybridized carbons (Fsp3) is 0.458. The molecule has 0 aromatic carbocycles. The smallest absolute Gasteiger partial charge is 0.257 e. The topological polar surface area (TPSA) is 70.6 Å². The van der Waals surface area contributed by atoms with Crippen LogP contribution in [0.3, 0.4) is 0 Å². The van der Waals surface area contributed by atoms with Crippen molar-refractivity contribution >= 4 is 51.1 Å². The maximum Gasteiger partial charge on any atom is 0.257 e. The van der Waals surface area contributed by atoms with Crippen LogP contribution in [0.1, 0.15) is 42.5 Å². The lowest BCUT2D eigenvalue weighted by Gasteiger charge is -2.41. The molecular formula is C24H30ClN5O2S2. The third kappa shape index (κ3) is 5.54. The van der Waals surface area contributed by atoms with Gasteiger partial charge in [0.15, 0.2) is 5.13 Å². The van der Waals surface area contributed by atoms with E-state index in [1.807, 2.05) is 6.07 Å². The number of methoxy groups -OCH3 is 1. The lowest BCUT2D eigenvalue weighted by molar-refractivity contribution is 0.102. The Kier molecular flexibility index (Phi) is 8.41. The van der Waals surface area contributed by atoms with Gasteiger partial charge in [-0.2, -0.15) is 0 Å². The average molecular weight is 520 g/mol. The number of aromatic nitrogens is 2. The Bertz CT molecular complexity index is 1080. The number of hydrogen-bond donors (Lipinski definition) is 1. The van der Waals surface area contributed by atoms with Gasteiger partial charge in [0.2, 0.25) is 5.88 Å². The molecule has 2 aliphatic rings. The first-order valence-electron chi connectivity index (χ1n) is 11.6. The van der Waals surface area contributed by atoms with Crippen LogP contribution in [0.15, 0.2) is 35.8 Å². The van der Waals surface area contributed by atoms with Gasteiger partial charge in [-0.05, 0) is 30.4 Å². The van der Waals surface area contributed by atoms with Gasteiger partial charge < -0.3 is 9.64 Å². The van der Waals surface area contributed by atoms with Gasteiger partial charge in [-0.3, -0.25) is 15.0 Å². The average Bonchev–Trinajstić information content (AvgIpc) is 3.55. The van der Waals surface area contributed by atoms with E-state index in [2.05, 4.69) is 31.5 Å². The van der Waals surface area contributed by atoms with Crippen LogP contribution in [0.5, 0.6) is 5.88 Å². The monoisotopic (exact) mass is 519 g/mol. The van der Waals surface area contributed by atoms with Gasteiger partial charge in [0.25, 0.3) is 5.91 Å². The normalized spacial score (nSPS) is 17.3. The van der Waals surface area contributed by atoms with Gasteiger partial charge in [0.1, 0.15) is 10.7 Å². The van der Waals surface area contributed by atoms with Crippen molar-refractivity contribution in [1.82, 2.24) is 14.9 Å². The summed E-state index contributed by atoms with van der Waals surface area (Å²) in [5, 5.41) is 6.81. The second-order valence-electron chi connectivity index (χ2n) is 8.51. The van der Waals surface area contributed by atoms with Crippen molar-refractivity contribution < 1.29 is 9.53 Å². The second kappa shape index (κ2) is 11.5. The maximum atomic E-state index is 12.8. The third-order valence-electron chi connectivity index (χ3n) is 6.48. The zero-order valence-electron chi connectivity index (χ0n) is 19.2. The molecule has 182 valence electrons. The largest absolute Gasteiger partial charge is 0.481 e. The van der Waals surface area contributed by atoms with Crippen molar-refractivity contribution in [2.24, 2.45) is 0 Å². The minimum Gasteiger partial charge on any atom is -0.481 e. The van der Waals surface area contributed by atoms with Crippen LogP contribution in [0.2, 0.25) is 0 Å². The fourth-order valence-electron chi connectivity index (χ4n) is 4.72. The zero-order chi connectivity index (χ0) is 22.6. The molecule has 3 aromatic rings. The quantitative estimate of drug-likeness (QED) is 0.470. The second-order valence-corrected chi connectivity index (χ2v) is 10.4. The van der Waals surface area contributed by atoms with Gasteiger partial charge in [-0.1, -0.05) is 36.7 Å². The summed E-state index contributed by atoms with van der Waals surface area (Å²) < 4.78 is 5.15. The number of pyridine rings is 1. The van der Waals surface area contributed by atoms with Crippen LogP contribution < -0.4 is 15.0 Å². The maximum absolute atomic E-state index is 12.8. The molecule has 1 aliphatic heterocycles. The summed E-state index contributed by atoms with van der Waals surface area (Å²) >= 11 is 3.24. The van der Waals surface area contributed by atoms with E-state index in [0.717, 1.165) is 47.8 Å². The van der Waals surface area contributed by atoms with Crippen molar-refractivity contribution in [3.05, 3.63) is 41.4 Å². The number of carbonyl (C=O) groups is 1. The number of piperazine rings is 1.